The summed E-state index contributed by atoms with van der Waals surface area (Å²) in [6.07, 6.45) is 0. The molecule has 0 aromatic heterocycles. The lowest BCUT2D eigenvalue weighted by molar-refractivity contribution is 0.0950. The van der Waals surface area contributed by atoms with E-state index < -0.39 is 0 Å². The molecule has 0 fully saturated rings. The molecular formula is C16H18N2O. The van der Waals surface area contributed by atoms with E-state index in [1.54, 1.807) is 0 Å². The van der Waals surface area contributed by atoms with E-state index in [1.807, 2.05) is 61.5 Å². The van der Waals surface area contributed by atoms with Crippen molar-refractivity contribution in [3.05, 3.63) is 71.3 Å². The summed E-state index contributed by atoms with van der Waals surface area (Å²) in [5.41, 5.74) is 8.73. The van der Waals surface area contributed by atoms with E-state index in [2.05, 4.69) is 5.32 Å². The highest BCUT2D eigenvalue weighted by Crippen LogP contribution is 2.10. The van der Waals surface area contributed by atoms with Gasteiger partial charge in [0.15, 0.2) is 0 Å². The molecule has 2 rings (SSSR count). The number of nitrogens with two attached hydrogens (primary N) is 1. The Bertz CT molecular complexity index is 552. The van der Waals surface area contributed by atoms with E-state index in [9.17, 15) is 4.79 Å². The Hall–Kier alpha value is -2.13. The van der Waals surface area contributed by atoms with Crippen molar-refractivity contribution in [2.75, 3.05) is 6.54 Å². The van der Waals surface area contributed by atoms with Crippen molar-refractivity contribution < 1.29 is 4.79 Å². The highest BCUT2D eigenvalue weighted by Gasteiger charge is 2.10. The molecule has 2 aromatic rings. The molecule has 0 saturated carbocycles. The molecule has 0 aliphatic carbocycles. The lowest BCUT2D eigenvalue weighted by Gasteiger charge is -2.13. The molecule has 0 heterocycles. The molecule has 0 aliphatic rings. The van der Waals surface area contributed by atoms with Crippen molar-refractivity contribution in [1.82, 2.24) is 5.32 Å². The van der Waals surface area contributed by atoms with Gasteiger partial charge < -0.3 is 11.1 Å². The van der Waals surface area contributed by atoms with Crippen LogP contribution in [0.1, 0.15) is 27.5 Å². The van der Waals surface area contributed by atoms with E-state index in [4.69, 9.17) is 5.73 Å². The van der Waals surface area contributed by atoms with E-state index in [-0.39, 0.29) is 11.9 Å². The molecule has 0 aliphatic heterocycles. The predicted octanol–water partition coefficient (Wildman–Crippen LogP) is 2.42. The summed E-state index contributed by atoms with van der Waals surface area (Å²) in [7, 11) is 0. The number of rotatable bonds is 4. The summed E-state index contributed by atoms with van der Waals surface area (Å²) in [6, 6.07) is 17.1. The standard InChI is InChI=1S/C16H18N2O/c1-12-7-5-6-10-14(12)16(19)18-11-15(17)13-8-3-2-4-9-13/h2-10,15H,11,17H2,1H3,(H,18,19). The normalized spacial score (nSPS) is 11.9. The second-order valence-corrected chi connectivity index (χ2v) is 4.54. The fourth-order valence-corrected chi connectivity index (χ4v) is 1.94. The average molecular weight is 254 g/mol. The SMILES string of the molecule is Cc1ccccc1C(=O)NCC(N)c1ccccc1. The summed E-state index contributed by atoms with van der Waals surface area (Å²) in [4.78, 5) is 12.0. The largest absolute Gasteiger partial charge is 0.350 e. The molecule has 2 aromatic carbocycles. The van der Waals surface area contributed by atoms with Crippen molar-refractivity contribution in [1.29, 1.82) is 0 Å². The Morgan fingerprint density at radius 2 is 1.74 bits per heavy atom. The van der Waals surface area contributed by atoms with E-state index >= 15 is 0 Å². The van der Waals surface area contributed by atoms with Crippen molar-refractivity contribution in [3.63, 3.8) is 0 Å². The molecule has 1 unspecified atom stereocenters. The third kappa shape index (κ3) is 3.42. The molecule has 0 radical (unpaired) electrons. The third-order valence-electron chi connectivity index (χ3n) is 3.10. The van der Waals surface area contributed by atoms with Gasteiger partial charge >= 0.3 is 0 Å². The quantitative estimate of drug-likeness (QED) is 0.880. The minimum Gasteiger partial charge on any atom is -0.350 e. The zero-order valence-electron chi connectivity index (χ0n) is 11.0. The lowest BCUT2D eigenvalue weighted by atomic mass is 10.1. The first kappa shape index (κ1) is 13.3. The van der Waals surface area contributed by atoms with E-state index in [0.717, 1.165) is 11.1 Å². The number of carbonyl (C=O) groups is 1. The molecule has 3 heteroatoms. The Labute approximate surface area is 113 Å². The van der Waals surface area contributed by atoms with Gasteiger partial charge in [0.05, 0.1) is 0 Å². The second-order valence-electron chi connectivity index (χ2n) is 4.54. The molecule has 3 nitrogen and oxygen atoms in total. The van der Waals surface area contributed by atoms with Crippen molar-refractivity contribution in [3.8, 4) is 0 Å². The summed E-state index contributed by atoms with van der Waals surface area (Å²) in [5.74, 6) is -0.0792. The summed E-state index contributed by atoms with van der Waals surface area (Å²) in [6.45, 7) is 2.35. The van der Waals surface area contributed by atoms with Gasteiger partial charge in [0.2, 0.25) is 0 Å². The first-order valence-electron chi connectivity index (χ1n) is 6.33. The summed E-state index contributed by atoms with van der Waals surface area (Å²) < 4.78 is 0. The van der Waals surface area contributed by atoms with Crippen LogP contribution in [0.5, 0.6) is 0 Å². The zero-order chi connectivity index (χ0) is 13.7. The minimum absolute atomic E-state index is 0.0792. The van der Waals surface area contributed by atoms with Gasteiger partial charge in [-0.25, -0.2) is 0 Å². The fraction of sp³-hybridized carbons (Fsp3) is 0.188. The minimum atomic E-state index is -0.186. The maximum atomic E-state index is 12.0. The Morgan fingerprint density at radius 3 is 2.42 bits per heavy atom. The van der Waals surface area contributed by atoms with Gasteiger partial charge in [-0.1, -0.05) is 48.5 Å². The fourth-order valence-electron chi connectivity index (χ4n) is 1.94. The van der Waals surface area contributed by atoms with Crippen LogP contribution in [-0.2, 0) is 0 Å². The summed E-state index contributed by atoms with van der Waals surface area (Å²) in [5, 5.41) is 2.87. The first-order chi connectivity index (χ1) is 9.18. The number of aryl methyl sites for hydroxylation is 1. The number of amides is 1. The van der Waals surface area contributed by atoms with Gasteiger partial charge in [-0.2, -0.15) is 0 Å². The Morgan fingerprint density at radius 1 is 1.11 bits per heavy atom. The molecule has 0 saturated heterocycles. The highest BCUT2D eigenvalue weighted by molar-refractivity contribution is 5.95. The molecule has 98 valence electrons. The van der Waals surface area contributed by atoms with Crippen LogP contribution in [0, 0.1) is 6.92 Å². The van der Waals surface area contributed by atoms with Crippen LogP contribution in [0.15, 0.2) is 54.6 Å². The smallest absolute Gasteiger partial charge is 0.251 e. The van der Waals surface area contributed by atoms with Gasteiger partial charge in [-0.3, -0.25) is 4.79 Å². The van der Waals surface area contributed by atoms with Gasteiger partial charge in [0, 0.05) is 18.2 Å². The predicted molar refractivity (Wildman–Crippen MR) is 76.9 cm³/mol. The van der Waals surface area contributed by atoms with Crippen LogP contribution in [0.3, 0.4) is 0 Å². The van der Waals surface area contributed by atoms with E-state index in [1.165, 1.54) is 0 Å². The van der Waals surface area contributed by atoms with Crippen LogP contribution < -0.4 is 11.1 Å². The number of hydrogen-bond acceptors (Lipinski definition) is 2. The molecule has 3 N–H and O–H groups in total. The molecule has 19 heavy (non-hydrogen) atoms. The van der Waals surface area contributed by atoms with Gasteiger partial charge in [-0.05, 0) is 24.1 Å². The van der Waals surface area contributed by atoms with Crippen LogP contribution in [0.2, 0.25) is 0 Å². The van der Waals surface area contributed by atoms with Crippen molar-refractivity contribution >= 4 is 5.91 Å². The Balaban J connectivity index is 1.96. The molecular weight excluding hydrogens is 236 g/mol. The van der Waals surface area contributed by atoms with Gasteiger partial charge in [-0.15, -0.1) is 0 Å². The van der Waals surface area contributed by atoms with Crippen LogP contribution >= 0.6 is 0 Å². The maximum Gasteiger partial charge on any atom is 0.251 e. The topological polar surface area (TPSA) is 55.1 Å². The average Bonchev–Trinajstić information content (AvgIpc) is 2.46. The van der Waals surface area contributed by atoms with Crippen molar-refractivity contribution in [2.24, 2.45) is 5.73 Å². The van der Waals surface area contributed by atoms with Gasteiger partial charge in [0.1, 0.15) is 0 Å². The van der Waals surface area contributed by atoms with E-state index in [0.29, 0.717) is 12.1 Å². The first-order valence-corrected chi connectivity index (χ1v) is 6.33. The molecule has 0 spiro atoms. The summed E-state index contributed by atoms with van der Waals surface area (Å²) >= 11 is 0. The molecule has 1 amide bonds. The van der Waals surface area contributed by atoms with Crippen molar-refractivity contribution in [2.45, 2.75) is 13.0 Å². The number of carbonyl (C=O) groups excluding carboxylic acids is 1. The third-order valence-corrected chi connectivity index (χ3v) is 3.10. The lowest BCUT2D eigenvalue weighted by Crippen LogP contribution is -2.32. The zero-order valence-corrected chi connectivity index (χ0v) is 11.0. The van der Waals surface area contributed by atoms with Crippen LogP contribution in [0.25, 0.3) is 0 Å². The maximum absolute atomic E-state index is 12.0. The molecule has 0 bridgehead atoms. The van der Waals surface area contributed by atoms with Crippen LogP contribution in [0.4, 0.5) is 0 Å². The molecule has 1 atom stereocenters. The number of nitrogens with one attached hydrogen (secondary N) is 1. The number of hydrogen-bond donors (Lipinski definition) is 2. The number of benzene rings is 2. The van der Waals surface area contributed by atoms with Gasteiger partial charge in [0.25, 0.3) is 5.91 Å². The monoisotopic (exact) mass is 254 g/mol. The highest BCUT2D eigenvalue weighted by atomic mass is 16.1. The Kier molecular flexibility index (Phi) is 4.31. The van der Waals surface area contributed by atoms with Crippen LogP contribution in [-0.4, -0.2) is 12.5 Å². The second kappa shape index (κ2) is 6.16.